The van der Waals surface area contributed by atoms with E-state index in [1.807, 2.05) is 0 Å². The van der Waals surface area contributed by atoms with E-state index in [0.717, 1.165) is 0 Å². The maximum atomic E-state index is 13.4. The fourth-order valence-electron chi connectivity index (χ4n) is 2.73. The lowest BCUT2D eigenvalue weighted by Gasteiger charge is -2.14. The van der Waals surface area contributed by atoms with E-state index in [-0.39, 0.29) is 16.9 Å². The predicted octanol–water partition coefficient (Wildman–Crippen LogP) is 5.52. The molecule has 2 amide bonds. The topological polar surface area (TPSA) is 58.2 Å². The van der Waals surface area contributed by atoms with Crippen LogP contribution >= 0.6 is 0 Å². The number of hydrogen-bond acceptors (Lipinski definition) is 2. The van der Waals surface area contributed by atoms with Crippen molar-refractivity contribution in [3.63, 3.8) is 0 Å². The average molecular weight is 410 g/mol. The first-order chi connectivity index (χ1) is 14.3. The smallest absolute Gasteiger partial charge is 0.321 e. The number of alkyl halides is 3. The highest BCUT2D eigenvalue weighted by Gasteiger charge is 2.35. The summed E-state index contributed by atoms with van der Waals surface area (Å²) in [4.78, 5) is 24.7. The molecule has 0 aromatic heterocycles. The highest BCUT2D eigenvalue weighted by atomic mass is 19.4. The van der Waals surface area contributed by atoms with E-state index >= 15 is 0 Å². The lowest BCUT2D eigenvalue weighted by atomic mass is 10.1. The van der Waals surface area contributed by atoms with Crippen LogP contribution in [0, 0.1) is 0 Å². The molecular weight excluding hydrogens is 393 g/mol. The molecule has 152 valence electrons. The summed E-state index contributed by atoms with van der Waals surface area (Å²) in [5.41, 5.74) is -0.335. The van der Waals surface area contributed by atoms with Crippen LogP contribution in [0.2, 0.25) is 0 Å². The van der Waals surface area contributed by atoms with Crippen LogP contribution in [0.3, 0.4) is 0 Å². The molecular formula is C23H17F3N2O2. The zero-order valence-corrected chi connectivity index (χ0v) is 15.6. The summed E-state index contributed by atoms with van der Waals surface area (Å²) in [5, 5.41) is 5.06. The monoisotopic (exact) mass is 410 g/mol. The van der Waals surface area contributed by atoms with Gasteiger partial charge in [0.1, 0.15) is 0 Å². The lowest BCUT2D eigenvalue weighted by molar-refractivity contribution is -0.112. The Bertz CT molecular complexity index is 1060. The van der Waals surface area contributed by atoms with Crippen molar-refractivity contribution in [3.8, 4) is 0 Å². The van der Waals surface area contributed by atoms with Crippen molar-refractivity contribution in [3.05, 3.63) is 102 Å². The van der Waals surface area contributed by atoms with Crippen LogP contribution in [-0.2, 0) is 4.79 Å². The zero-order chi connectivity index (χ0) is 21.6. The van der Waals surface area contributed by atoms with E-state index in [4.69, 9.17) is 0 Å². The van der Waals surface area contributed by atoms with E-state index in [1.165, 1.54) is 30.3 Å². The second-order valence-electron chi connectivity index (χ2n) is 6.28. The molecule has 3 aromatic rings. The van der Waals surface area contributed by atoms with Gasteiger partial charge >= 0.3 is 6.18 Å². The Morgan fingerprint density at radius 1 is 0.667 bits per heavy atom. The number of carbonyl (C=O) groups excluding carboxylic acids is 2. The number of carbonyl (C=O) groups is 2. The molecule has 0 spiro atoms. The first-order valence-corrected chi connectivity index (χ1v) is 8.95. The number of anilines is 2. The minimum Gasteiger partial charge on any atom is -0.321 e. The van der Waals surface area contributed by atoms with Crippen LogP contribution in [0.5, 0.6) is 0 Å². The Labute approximate surface area is 171 Å². The van der Waals surface area contributed by atoms with Crippen molar-refractivity contribution < 1.29 is 22.8 Å². The largest absolute Gasteiger partial charge is 0.417 e. The van der Waals surface area contributed by atoms with E-state index in [2.05, 4.69) is 10.6 Å². The molecule has 0 heterocycles. The lowest BCUT2D eigenvalue weighted by Crippen LogP contribution is -2.18. The summed E-state index contributed by atoms with van der Waals surface area (Å²) in [6.45, 7) is 0. The van der Waals surface area contributed by atoms with Crippen LogP contribution in [0.25, 0.3) is 5.57 Å². The Morgan fingerprint density at radius 2 is 1.13 bits per heavy atom. The molecule has 0 aliphatic carbocycles. The van der Waals surface area contributed by atoms with Gasteiger partial charge in [-0.15, -0.1) is 0 Å². The number of para-hydroxylation sites is 2. The summed E-state index contributed by atoms with van der Waals surface area (Å²) in [6.07, 6.45) is -4.20. The predicted molar refractivity (Wildman–Crippen MR) is 110 cm³/mol. The number of nitrogens with one attached hydrogen (secondary N) is 2. The summed E-state index contributed by atoms with van der Waals surface area (Å²) < 4.78 is 40.3. The summed E-state index contributed by atoms with van der Waals surface area (Å²) in [5.74, 6) is -1.37. The second kappa shape index (κ2) is 9.09. The molecule has 0 bridgehead atoms. The Balaban J connectivity index is 1.83. The number of rotatable bonds is 5. The first-order valence-electron chi connectivity index (χ1n) is 8.95. The maximum absolute atomic E-state index is 13.4. The van der Waals surface area contributed by atoms with Crippen LogP contribution < -0.4 is 10.6 Å². The van der Waals surface area contributed by atoms with E-state index in [9.17, 15) is 22.8 Å². The van der Waals surface area contributed by atoms with Gasteiger partial charge < -0.3 is 10.6 Å². The van der Waals surface area contributed by atoms with Crippen LogP contribution in [0.4, 0.5) is 24.5 Å². The Kier molecular flexibility index (Phi) is 6.32. The van der Waals surface area contributed by atoms with Gasteiger partial charge in [-0.05, 0) is 29.8 Å². The van der Waals surface area contributed by atoms with Crippen LogP contribution in [-0.4, -0.2) is 18.0 Å². The van der Waals surface area contributed by atoms with Crippen molar-refractivity contribution in [1.29, 1.82) is 0 Å². The molecule has 0 unspecified atom stereocenters. The molecule has 2 N–H and O–H groups in total. The first kappa shape index (κ1) is 20.9. The van der Waals surface area contributed by atoms with Gasteiger partial charge in [-0.2, -0.15) is 13.2 Å². The quantitative estimate of drug-likeness (QED) is 0.544. The van der Waals surface area contributed by atoms with Gasteiger partial charge in [0.2, 0.25) is 5.91 Å². The van der Waals surface area contributed by atoms with Crippen molar-refractivity contribution in [2.45, 2.75) is 6.18 Å². The number of halogens is 3. The molecule has 0 saturated carbocycles. The molecule has 0 aliphatic heterocycles. The third-order valence-corrected chi connectivity index (χ3v) is 4.13. The number of amides is 2. The normalized spacial score (nSPS) is 11.6. The molecule has 0 saturated heterocycles. The van der Waals surface area contributed by atoms with Gasteiger partial charge in [-0.1, -0.05) is 60.7 Å². The molecule has 7 heteroatoms. The average Bonchev–Trinajstić information content (AvgIpc) is 2.74. The molecule has 4 nitrogen and oxygen atoms in total. The summed E-state index contributed by atoms with van der Waals surface area (Å²) in [7, 11) is 0. The van der Waals surface area contributed by atoms with E-state index in [1.54, 1.807) is 54.6 Å². The van der Waals surface area contributed by atoms with Gasteiger partial charge in [0, 0.05) is 11.6 Å². The van der Waals surface area contributed by atoms with Crippen molar-refractivity contribution in [1.82, 2.24) is 0 Å². The molecule has 0 aliphatic rings. The van der Waals surface area contributed by atoms with Crippen molar-refractivity contribution >= 4 is 28.8 Å². The van der Waals surface area contributed by atoms with Crippen molar-refractivity contribution in [2.75, 3.05) is 10.6 Å². The second-order valence-corrected chi connectivity index (χ2v) is 6.28. The third kappa shape index (κ3) is 5.35. The van der Waals surface area contributed by atoms with Crippen LogP contribution in [0.1, 0.15) is 15.9 Å². The Morgan fingerprint density at radius 3 is 1.67 bits per heavy atom. The number of allylic oxidation sites excluding steroid dienone is 1. The highest BCUT2D eigenvalue weighted by molar-refractivity contribution is 6.09. The van der Waals surface area contributed by atoms with Gasteiger partial charge in [-0.3, -0.25) is 9.59 Å². The summed E-state index contributed by atoms with van der Waals surface area (Å²) in [6, 6.07) is 21.7. The Hall–Kier alpha value is -3.87. The number of benzene rings is 3. The van der Waals surface area contributed by atoms with Gasteiger partial charge in [0.05, 0.1) is 16.9 Å². The molecule has 0 radical (unpaired) electrons. The molecule has 30 heavy (non-hydrogen) atoms. The molecule has 3 aromatic carbocycles. The minimum absolute atomic E-state index is 0.120. The van der Waals surface area contributed by atoms with Gasteiger partial charge in [-0.25, -0.2) is 0 Å². The van der Waals surface area contributed by atoms with E-state index in [0.29, 0.717) is 11.6 Å². The molecule has 3 rings (SSSR count). The van der Waals surface area contributed by atoms with Gasteiger partial charge in [0.25, 0.3) is 5.91 Å². The summed E-state index contributed by atoms with van der Waals surface area (Å²) >= 11 is 0. The fourth-order valence-corrected chi connectivity index (χ4v) is 2.73. The number of hydrogen-bond donors (Lipinski definition) is 2. The van der Waals surface area contributed by atoms with Crippen molar-refractivity contribution in [2.24, 2.45) is 0 Å². The van der Waals surface area contributed by atoms with E-state index < -0.39 is 23.6 Å². The molecule has 0 fully saturated rings. The minimum atomic E-state index is -4.71. The molecule has 0 atom stereocenters. The maximum Gasteiger partial charge on any atom is 0.417 e. The zero-order valence-electron chi connectivity index (χ0n) is 15.6. The highest BCUT2D eigenvalue weighted by Crippen LogP contribution is 2.34. The van der Waals surface area contributed by atoms with Crippen LogP contribution in [0.15, 0.2) is 91.0 Å². The standard InChI is InChI=1S/C23H17F3N2O2/c24-23(25,26)18(16-9-3-1-4-10-16)15-21(29)27-19-13-7-8-14-20(19)28-22(30)17-11-5-2-6-12-17/h1-15H,(H,27,29)(H,28,30)/b18-15+. The third-order valence-electron chi connectivity index (χ3n) is 4.13. The fraction of sp³-hybridized carbons (Fsp3) is 0.0435. The SMILES string of the molecule is O=C(/C=C(\c1ccccc1)C(F)(F)F)Nc1ccccc1NC(=O)c1ccccc1. The van der Waals surface area contributed by atoms with Gasteiger partial charge in [0.15, 0.2) is 0 Å².